The van der Waals surface area contributed by atoms with Crippen LogP contribution < -0.4 is 10.6 Å². The Bertz CT molecular complexity index is 1110. The number of carbonyl (C=O) groups is 3. The van der Waals surface area contributed by atoms with Crippen LogP contribution in [0.5, 0.6) is 0 Å². The number of benzene rings is 2. The number of rotatable bonds is 10. The topological polar surface area (TPSA) is 103 Å². The maximum absolute atomic E-state index is 13.4. The van der Waals surface area contributed by atoms with Gasteiger partial charge in [0.25, 0.3) is 0 Å². The van der Waals surface area contributed by atoms with E-state index in [1.54, 1.807) is 6.92 Å². The number of amides is 2. The Balaban J connectivity index is 1.72. The predicted molar refractivity (Wildman–Crippen MR) is 146 cm³/mol. The molecular formula is C30H40N2O6. The SMILES string of the molecule is COC(=O)C(COC(C)(C)C)NC(=O)C(C)(CC(C)C)NC(=O)OCC1c2ccccc2-c2ccccc21. The normalized spacial score (nSPS) is 15.2. The fourth-order valence-electron chi connectivity index (χ4n) is 4.84. The molecule has 0 radical (unpaired) electrons. The summed E-state index contributed by atoms with van der Waals surface area (Å²) >= 11 is 0. The van der Waals surface area contributed by atoms with Gasteiger partial charge in [-0.05, 0) is 62.3 Å². The van der Waals surface area contributed by atoms with Gasteiger partial charge in [0.15, 0.2) is 6.04 Å². The molecule has 0 aliphatic heterocycles. The summed E-state index contributed by atoms with van der Waals surface area (Å²) in [5.74, 6) is -1.18. The summed E-state index contributed by atoms with van der Waals surface area (Å²) in [6.07, 6.45) is -0.373. The maximum Gasteiger partial charge on any atom is 0.408 e. The standard InChI is InChI=1S/C30H40N2O6/c1-19(2)16-30(6,27(34)31-25(26(33)36-7)18-38-29(3,4)5)32-28(35)37-17-24-22-14-10-8-12-20(22)21-13-9-11-15-23(21)24/h8-15,19,24-25H,16-18H2,1-7H3,(H,31,34)(H,32,35). The number of esters is 1. The molecule has 2 amide bonds. The largest absolute Gasteiger partial charge is 0.467 e. The third-order valence-electron chi connectivity index (χ3n) is 6.51. The van der Waals surface area contributed by atoms with Crippen LogP contribution in [0.4, 0.5) is 4.79 Å². The number of ether oxygens (including phenoxy) is 3. The Labute approximate surface area is 225 Å². The van der Waals surface area contributed by atoms with E-state index in [1.165, 1.54) is 7.11 Å². The van der Waals surface area contributed by atoms with Gasteiger partial charge in [0.2, 0.25) is 5.91 Å². The van der Waals surface area contributed by atoms with Gasteiger partial charge in [-0.3, -0.25) is 4.79 Å². The molecule has 2 aromatic rings. The summed E-state index contributed by atoms with van der Waals surface area (Å²) in [5, 5.41) is 5.47. The first-order chi connectivity index (χ1) is 17.8. The summed E-state index contributed by atoms with van der Waals surface area (Å²) in [6, 6.07) is 15.1. The molecule has 3 rings (SSSR count). The van der Waals surface area contributed by atoms with Crippen LogP contribution in [0.1, 0.15) is 65.0 Å². The van der Waals surface area contributed by atoms with Crippen molar-refractivity contribution in [3.63, 3.8) is 0 Å². The summed E-state index contributed by atoms with van der Waals surface area (Å²) in [6.45, 7) is 11.1. The van der Waals surface area contributed by atoms with Crippen molar-refractivity contribution in [3.05, 3.63) is 59.7 Å². The molecule has 2 unspecified atom stereocenters. The minimum atomic E-state index is -1.33. The summed E-state index contributed by atoms with van der Waals surface area (Å²) in [4.78, 5) is 38.8. The fraction of sp³-hybridized carbons (Fsp3) is 0.500. The highest BCUT2D eigenvalue weighted by atomic mass is 16.5. The third-order valence-corrected chi connectivity index (χ3v) is 6.51. The van der Waals surface area contributed by atoms with Gasteiger partial charge >= 0.3 is 12.1 Å². The first-order valence-corrected chi connectivity index (χ1v) is 13.0. The molecule has 8 heteroatoms. The minimum absolute atomic E-state index is 0.0649. The van der Waals surface area contributed by atoms with Crippen molar-refractivity contribution in [3.8, 4) is 11.1 Å². The average Bonchev–Trinajstić information content (AvgIpc) is 3.17. The number of alkyl carbamates (subject to hydrolysis) is 1. The molecule has 206 valence electrons. The zero-order valence-corrected chi connectivity index (χ0v) is 23.4. The number of hydrogen-bond acceptors (Lipinski definition) is 6. The number of nitrogens with one attached hydrogen (secondary N) is 2. The van der Waals surface area contributed by atoms with Crippen molar-refractivity contribution in [2.75, 3.05) is 20.3 Å². The average molecular weight is 525 g/mol. The lowest BCUT2D eigenvalue weighted by Gasteiger charge is -2.33. The van der Waals surface area contributed by atoms with E-state index in [1.807, 2.05) is 71.0 Å². The Kier molecular flexibility index (Phi) is 9.20. The smallest absolute Gasteiger partial charge is 0.408 e. The molecule has 2 atom stereocenters. The van der Waals surface area contributed by atoms with E-state index in [0.29, 0.717) is 6.42 Å². The van der Waals surface area contributed by atoms with Gasteiger partial charge in [-0.25, -0.2) is 9.59 Å². The van der Waals surface area contributed by atoms with E-state index < -0.39 is 35.2 Å². The summed E-state index contributed by atoms with van der Waals surface area (Å²) < 4.78 is 16.3. The van der Waals surface area contributed by atoms with Crippen molar-refractivity contribution in [1.29, 1.82) is 0 Å². The van der Waals surface area contributed by atoms with Crippen LogP contribution in [0.2, 0.25) is 0 Å². The van der Waals surface area contributed by atoms with E-state index >= 15 is 0 Å². The maximum atomic E-state index is 13.4. The van der Waals surface area contributed by atoms with E-state index in [-0.39, 0.29) is 25.0 Å². The van der Waals surface area contributed by atoms with Gasteiger partial charge in [-0.15, -0.1) is 0 Å². The number of carbonyl (C=O) groups excluding carboxylic acids is 3. The van der Waals surface area contributed by atoms with Gasteiger partial charge in [0, 0.05) is 5.92 Å². The predicted octanol–water partition coefficient (Wildman–Crippen LogP) is 4.80. The van der Waals surface area contributed by atoms with E-state index in [4.69, 9.17) is 14.2 Å². The van der Waals surface area contributed by atoms with Crippen molar-refractivity contribution in [1.82, 2.24) is 10.6 Å². The van der Waals surface area contributed by atoms with Crippen molar-refractivity contribution >= 4 is 18.0 Å². The minimum Gasteiger partial charge on any atom is -0.467 e. The Morgan fingerprint density at radius 2 is 1.47 bits per heavy atom. The summed E-state index contributed by atoms with van der Waals surface area (Å²) in [7, 11) is 1.25. The second-order valence-electron chi connectivity index (χ2n) is 11.4. The lowest BCUT2D eigenvalue weighted by molar-refractivity contribution is -0.149. The van der Waals surface area contributed by atoms with Gasteiger partial charge in [-0.1, -0.05) is 62.4 Å². The third kappa shape index (κ3) is 7.13. The molecule has 0 heterocycles. The van der Waals surface area contributed by atoms with Gasteiger partial charge in [-0.2, -0.15) is 0 Å². The molecular weight excluding hydrogens is 484 g/mol. The second kappa shape index (κ2) is 12.0. The first-order valence-electron chi connectivity index (χ1n) is 13.0. The Morgan fingerprint density at radius 1 is 0.921 bits per heavy atom. The van der Waals surface area contributed by atoms with Gasteiger partial charge in [0.1, 0.15) is 12.1 Å². The van der Waals surface area contributed by atoms with Crippen LogP contribution in [-0.4, -0.2) is 55.5 Å². The Morgan fingerprint density at radius 3 is 1.97 bits per heavy atom. The molecule has 1 aliphatic carbocycles. The van der Waals surface area contributed by atoms with E-state index in [0.717, 1.165) is 22.3 Å². The Hall–Kier alpha value is -3.39. The van der Waals surface area contributed by atoms with Crippen LogP contribution in [0.25, 0.3) is 11.1 Å². The van der Waals surface area contributed by atoms with Crippen LogP contribution in [0, 0.1) is 5.92 Å². The van der Waals surface area contributed by atoms with Crippen LogP contribution in [0.15, 0.2) is 48.5 Å². The number of hydrogen-bond donors (Lipinski definition) is 2. The van der Waals surface area contributed by atoms with Crippen LogP contribution >= 0.6 is 0 Å². The summed E-state index contributed by atoms with van der Waals surface area (Å²) in [5.41, 5.74) is 2.62. The molecule has 0 saturated heterocycles. The highest BCUT2D eigenvalue weighted by Gasteiger charge is 2.39. The van der Waals surface area contributed by atoms with Crippen molar-refractivity contribution in [2.45, 2.75) is 71.1 Å². The number of fused-ring (bicyclic) bond motifs is 3. The molecule has 0 aromatic heterocycles. The molecule has 2 N–H and O–H groups in total. The quantitative estimate of drug-likeness (QED) is 0.433. The molecule has 0 saturated carbocycles. The van der Waals surface area contributed by atoms with Crippen LogP contribution in [0.3, 0.4) is 0 Å². The van der Waals surface area contributed by atoms with Gasteiger partial charge < -0.3 is 24.8 Å². The lowest BCUT2D eigenvalue weighted by Crippen LogP contribution is -2.61. The highest BCUT2D eigenvalue weighted by molar-refractivity contribution is 5.92. The highest BCUT2D eigenvalue weighted by Crippen LogP contribution is 2.44. The molecule has 0 fully saturated rings. The van der Waals surface area contributed by atoms with Crippen molar-refractivity contribution < 1.29 is 28.6 Å². The molecule has 38 heavy (non-hydrogen) atoms. The van der Waals surface area contributed by atoms with Gasteiger partial charge in [0.05, 0.1) is 19.3 Å². The van der Waals surface area contributed by atoms with Crippen molar-refractivity contribution in [2.24, 2.45) is 5.92 Å². The number of methoxy groups -OCH3 is 1. The molecule has 8 nitrogen and oxygen atoms in total. The molecule has 2 aromatic carbocycles. The van der Waals surface area contributed by atoms with E-state index in [9.17, 15) is 14.4 Å². The molecule has 0 bridgehead atoms. The first kappa shape index (κ1) is 29.2. The second-order valence-corrected chi connectivity index (χ2v) is 11.4. The molecule has 0 spiro atoms. The molecule has 1 aliphatic rings. The fourth-order valence-corrected chi connectivity index (χ4v) is 4.84. The van der Waals surface area contributed by atoms with Crippen LogP contribution in [-0.2, 0) is 23.8 Å². The zero-order valence-electron chi connectivity index (χ0n) is 23.4. The van der Waals surface area contributed by atoms with E-state index in [2.05, 4.69) is 22.8 Å². The monoisotopic (exact) mass is 524 g/mol. The lowest BCUT2D eigenvalue weighted by atomic mass is 9.89. The zero-order chi connectivity index (χ0) is 28.1.